The molecule has 0 saturated carbocycles. The standard InChI is InChI=1S/C16H11N.ClH/c1-4-8-14-11(5-1)9-15-13-7-3-2-6-12(13)10-17-16(14)15;/h1-8,10H,9H2;1H. The van der Waals surface area contributed by atoms with E-state index in [-0.39, 0.29) is 12.4 Å². The molecule has 1 nitrogen and oxygen atoms in total. The van der Waals surface area contributed by atoms with Crippen molar-refractivity contribution in [2.24, 2.45) is 0 Å². The highest BCUT2D eigenvalue weighted by Crippen LogP contribution is 2.38. The summed E-state index contributed by atoms with van der Waals surface area (Å²) >= 11 is 0. The molecular weight excluding hydrogens is 242 g/mol. The van der Waals surface area contributed by atoms with Gasteiger partial charge in [0.2, 0.25) is 0 Å². The van der Waals surface area contributed by atoms with Gasteiger partial charge in [0.15, 0.2) is 0 Å². The lowest BCUT2D eigenvalue weighted by molar-refractivity contribution is 1.26. The number of hydrogen-bond acceptors (Lipinski definition) is 1. The fourth-order valence-corrected chi connectivity index (χ4v) is 2.73. The van der Waals surface area contributed by atoms with Gasteiger partial charge in [0, 0.05) is 23.6 Å². The summed E-state index contributed by atoms with van der Waals surface area (Å²) in [6.45, 7) is 0. The number of halogens is 1. The summed E-state index contributed by atoms with van der Waals surface area (Å²) in [5.41, 5.74) is 5.24. The summed E-state index contributed by atoms with van der Waals surface area (Å²) in [5.74, 6) is 0. The van der Waals surface area contributed by atoms with Crippen LogP contribution < -0.4 is 0 Å². The molecule has 1 aliphatic rings. The second kappa shape index (κ2) is 4.11. The average Bonchev–Trinajstić information content (AvgIpc) is 2.78. The van der Waals surface area contributed by atoms with Crippen molar-refractivity contribution in [3.05, 3.63) is 65.9 Å². The van der Waals surface area contributed by atoms with Crippen molar-refractivity contribution in [3.63, 3.8) is 0 Å². The summed E-state index contributed by atoms with van der Waals surface area (Å²) in [7, 11) is 0. The first-order valence-electron chi connectivity index (χ1n) is 5.88. The Hall–Kier alpha value is -1.86. The van der Waals surface area contributed by atoms with E-state index in [2.05, 4.69) is 53.5 Å². The fraction of sp³-hybridized carbons (Fsp3) is 0.0625. The molecule has 1 aromatic heterocycles. The Bertz CT molecular complexity index is 734. The van der Waals surface area contributed by atoms with Crippen molar-refractivity contribution in [2.45, 2.75) is 6.42 Å². The van der Waals surface area contributed by atoms with Crippen LogP contribution in [-0.4, -0.2) is 4.98 Å². The van der Waals surface area contributed by atoms with E-state index in [0.29, 0.717) is 0 Å². The Labute approximate surface area is 112 Å². The predicted molar refractivity (Wildman–Crippen MR) is 77.2 cm³/mol. The van der Waals surface area contributed by atoms with Crippen molar-refractivity contribution < 1.29 is 0 Å². The molecule has 0 amide bonds. The SMILES string of the molecule is Cl.c1ccc2c(c1)Cc1c-2ncc2ccccc12. The first-order chi connectivity index (χ1) is 8.43. The Balaban J connectivity index is 0.000001000. The Morgan fingerprint density at radius 1 is 0.889 bits per heavy atom. The van der Waals surface area contributed by atoms with Crippen molar-refractivity contribution in [1.82, 2.24) is 4.98 Å². The van der Waals surface area contributed by atoms with E-state index in [1.54, 1.807) is 0 Å². The molecule has 18 heavy (non-hydrogen) atoms. The molecule has 1 aliphatic carbocycles. The second-order valence-electron chi connectivity index (χ2n) is 4.51. The Morgan fingerprint density at radius 2 is 1.67 bits per heavy atom. The molecule has 0 bridgehead atoms. The lowest BCUT2D eigenvalue weighted by atomic mass is 10.0. The molecule has 0 N–H and O–H groups in total. The smallest absolute Gasteiger partial charge is 0.0746 e. The van der Waals surface area contributed by atoms with Gasteiger partial charge in [0.25, 0.3) is 0 Å². The number of pyridine rings is 1. The maximum absolute atomic E-state index is 4.63. The van der Waals surface area contributed by atoms with Gasteiger partial charge in [-0.15, -0.1) is 12.4 Å². The quantitative estimate of drug-likeness (QED) is 0.457. The maximum Gasteiger partial charge on any atom is 0.0746 e. The van der Waals surface area contributed by atoms with Crippen molar-refractivity contribution in [1.29, 1.82) is 0 Å². The number of benzene rings is 2. The summed E-state index contributed by atoms with van der Waals surface area (Å²) < 4.78 is 0. The first kappa shape index (κ1) is 11.2. The van der Waals surface area contributed by atoms with Gasteiger partial charge in [-0.3, -0.25) is 4.98 Å². The zero-order chi connectivity index (χ0) is 11.2. The monoisotopic (exact) mass is 253 g/mol. The number of nitrogens with zero attached hydrogens (tertiary/aromatic N) is 1. The van der Waals surface area contributed by atoms with Crippen LogP contribution in [0.2, 0.25) is 0 Å². The number of aromatic nitrogens is 1. The van der Waals surface area contributed by atoms with Crippen LogP contribution >= 0.6 is 12.4 Å². The number of fused-ring (bicyclic) bond motifs is 5. The largest absolute Gasteiger partial charge is 0.255 e. The Kier molecular flexibility index (Phi) is 2.57. The van der Waals surface area contributed by atoms with Gasteiger partial charge in [-0.2, -0.15) is 0 Å². The zero-order valence-corrected chi connectivity index (χ0v) is 10.6. The minimum Gasteiger partial charge on any atom is -0.255 e. The summed E-state index contributed by atoms with van der Waals surface area (Å²) in [6, 6.07) is 17.1. The molecule has 0 atom stereocenters. The van der Waals surface area contributed by atoms with Crippen LogP contribution in [0.15, 0.2) is 54.7 Å². The maximum atomic E-state index is 4.63. The summed E-state index contributed by atoms with van der Waals surface area (Å²) in [5, 5.41) is 2.58. The topological polar surface area (TPSA) is 12.9 Å². The van der Waals surface area contributed by atoms with Gasteiger partial charge >= 0.3 is 0 Å². The van der Waals surface area contributed by atoms with Crippen LogP contribution in [0.25, 0.3) is 22.0 Å². The van der Waals surface area contributed by atoms with Crippen LogP contribution in [0.4, 0.5) is 0 Å². The molecule has 0 unspecified atom stereocenters. The molecule has 1 heterocycles. The minimum absolute atomic E-state index is 0. The van der Waals surface area contributed by atoms with Crippen LogP contribution in [0.1, 0.15) is 11.1 Å². The van der Waals surface area contributed by atoms with E-state index in [1.807, 2.05) is 6.20 Å². The lowest BCUT2D eigenvalue weighted by Crippen LogP contribution is -1.86. The van der Waals surface area contributed by atoms with Crippen LogP contribution in [0, 0.1) is 0 Å². The number of hydrogen-bond donors (Lipinski definition) is 0. The molecule has 88 valence electrons. The van der Waals surface area contributed by atoms with Crippen molar-refractivity contribution >= 4 is 23.2 Å². The zero-order valence-electron chi connectivity index (χ0n) is 9.76. The van der Waals surface area contributed by atoms with E-state index in [9.17, 15) is 0 Å². The highest BCUT2D eigenvalue weighted by Gasteiger charge is 2.20. The summed E-state index contributed by atoms with van der Waals surface area (Å²) in [4.78, 5) is 4.63. The first-order valence-corrected chi connectivity index (χ1v) is 5.88. The van der Waals surface area contributed by atoms with Gasteiger partial charge in [-0.1, -0.05) is 48.5 Å². The Morgan fingerprint density at radius 3 is 2.61 bits per heavy atom. The van der Waals surface area contributed by atoms with Crippen LogP contribution in [0.5, 0.6) is 0 Å². The summed E-state index contributed by atoms with van der Waals surface area (Å²) in [6.07, 6.45) is 3.00. The third-order valence-electron chi connectivity index (χ3n) is 3.54. The molecule has 4 rings (SSSR count). The fourth-order valence-electron chi connectivity index (χ4n) is 2.73. The molecule has 0 radical (unpaired) electrons. The minimum atomic E-state index is 0. The molecule has 0 fully saturated rings. The molecule has 2 heteroatoms. The van der Waals surface area contributed by atoms with E-state index < -0.39 is 0 Å². The van der Waals surface area contributed by atoms with Gasteiger partial charge in [0.1, 0.15) is 0 Å². The third-order valence-corrected chi connectivity index (χ3v) is 3.54. The highest BCUT2D eigenvalue weighted by molar-refractivity contribution is 5.92. The third kappa shape index (κ3) is 1.44. The average molecular weight is 254 g/mol. The van der Waals surface area contributed by atoms with Gasteiger partial charge in [-0.25, -0.2) is 0 Å². The highest BCUT2D eigenvalue weighted by atomic mass is 35.5. The van der Waals surface area contributed by atoms with Gasteiger partial charge in [0.05, 0.1) is 5.69 Å². The van der Waals surface area contributed by atoms with Crippen molar-refractivity contribution in [2.75, 3.05) is 0 Å². The van der Waals surface area contributed by atoms with E-state index >= 15 is 0 Å². The molecule has 0 spiro atoms. The molecule has 3 aromatic rings. The molecule has 2 aromatic carbocycles. The van der Waals surface area contributed by atoms with Crippen molar-refractivity contribution in [3.8, 4) is 11.3 Å². The second-order valence-corrected chi connectivity index (χ2v) is 4.51. The normalized spacial score (nSPS) is 11.8. The van der Waals surface area contributed by atoms with Gasteiger partial charge in [-0.05, 0) is 16.5 Å². The molecule has 0 aliphatic heterocycles. The van der Waals surface area contributed by atoms with E-state index in [0.717, 1.165) is 6.42 Å². The number of rotatable bonds is 0. The molecular formula is C16H12ClN. The molecule has 0 saturated heterocycles. The van der Waals surface area contributed by atoms with E-state index in [4.69, 9.17) is 0 Å². The van der Waals surface area contributed by atoms with Gasteiger partial charge < -0.3 is 0 Å². The van der Waals surface area contributed by atoms with Crippen LogP contribution in [-0.2, 0) is 6.42 Å². The predicted octanol–water partition coefficient (Wildman–Crippen LogP) is 4.23. The van der Waals surface area contributed by atoms with E-state index in [1.165, 1.54) is 33.2 Å². The van der Waals surface area contributed by atoms with Crippen LogP contribution in [0.3, 0.4) is 0 Å². The lowest BCUT2D eigenvalue weighted by Gasteiger charge is -2.03.